The Morgan fingerprint density at radius 1 is 1.11 bits per heavy atom. The van der Waals surface area contributed by atoms with Gasteiger partial charge in [0.2, 0.25) is 0 Å². The number of para-hydroxylation sites is 1. The number of benzene rings is 2. The fraction of sp³-hybridized carbons (Fsp3) is 0.346. The van der Waals surface area contributed by atoms with Gasteiger partial charge in [-0.3, -0.25) is 4.79 Å². The Bertz CT molecular complexity index is 1180. The molecule has 2 heterocycles. The third-order valence-corrected chi connectivity index (χ3v) is 7.15. The summed E-state index contributed by atoms with van der Waals surface area (Å²) in [6.07, 6.45) is 0. The zero-order valence-corrected chi connectivity index (χ0v) is 22.0. The molecule has 0 bridgehead atoms. The van der Waals surface area contributed by atoms with E-state index in [0.717, 1.165) is 13.1 Å². The van der Waals surface area contributed by atoms with E-state index in [4.69, 9.17) is 16.3 Å². The Morgan fingerprint density at radius 2 is 1.83 bits per heavy atom. The molecule has 8 nitrogen and oxygen atoms in total. The molecule has 0 aliphatic carbocycles. The molecular weight excluding hydrogens is 498 g/mol. The van der Waals surface area contributed by atoms with Gasteiger partial charge in [0.1, 0.15) is 10.7 Å². The zero-order valence-electron chi connectivity index (χ0n) is 20.4. The number of methoxy groups -OCH3 is 1. The molecule has 0 atom stereocenters. The van der Waals surface area contributed by atoms with Gasteiger partial charge in [-0.25, -0.2) is 9.78 Å². The van der Waals surface area contributed by atoms with E-state index in [1.165, 1.54) is 22.6 Å². The van der Waals surface area contributed by atoms with E-state index in [1.807, 2.05) is 17.0 Å². The van der Waals surface area contributed by atoms with Gasteiger partial charge in [-0.05, 0) is 42.8 Å². The number of piperazine rings is 1. The van der Waals surface area contributed by atoms with E-state index >= 15 is 0 Å². The number of carbonyl (C=O) groups is 2. The van der Waals surface area contributed by atoms with Crippen molar-refractivity contribution >= 4 is 46.3 Å². The molecule has 1 N–H and O–H groups in total. The van der Waals surface area contributed by atoms with Crippen LogP contribution in [0.5, 0.6) is 0 Å². The molecule has 36 heavy (non-hydrogen) atoms. The number of halogens is 1. The standard InChI is InChI=1S/C26H30ClN5O3S/c1-19-5-3-4-6-23(19)30-11-13-31(14-12-30)25(33)22-18-36-24(29-22)17-32(15-16-35-2)26(34)28-21-9-7-20(27)8-10-21/h3-10,18H,11-17H2,1-2H3,(H,28,34). The second-order valence-electron chi connectivity index (χ2n) is 8.54. The van der Waals surface area contributed by atoms with Gasteiger partial charge in [-0.2, -0.15) is 0 Å². The number of aryl methyl sites for hydroxylation is 1. The van der Waals surface area contributed by atoms with Crippen LogP contribution in [0.3, 0.4) is 0 Å². The molecule has 190 valence electrons. The molecule has 1 aromatic heterocycles. The summed E-state index contributed by atoms with van der Waals surface area (Å²) in [7, 11) is 1.59. The highest BCUT2D eigenvalue weighted by atomic mass is 35.5. The Hall–Kier alpha value is -3.14. The molecule has 1 aliphatic heterocycles. The van der Waals surface area contributed by atoms with Crippen molar-refractivity contribution in [3.63, 3.8) is 0 Å². The summed E-state index contributed by atoms with van der Waals surface area (Å²) in [5, 5.41) is 5.94. The first-order chi connectivity index (χ1) is 17.4. The molecule has 1 aliphatic rings. The van der Waals surface area contributed by atoms with Gasteiger partial charge in [0.15, 0.2) is 0 Å². The monoisotopic (exact) mass is 527 g/mol. The van der Waals surface area contributed by atoms with Crippen molar-refractivity contribution in [3.05, 3.63) is 75.2 Å². The van der Waals surface area contributed by atoms with Crippen LogP contribution in [-0.4, -0.2) is 73.2 Å². The number of anilines is 2. The number of carbonyl (C=O) groups excluding carboxylic acids is 2. The number of nitrogens with zero attached hydrogens (tertiary/aromatic N) is 4. The van der Waals surface area contributed by atoms with E-state index < -0.39 is 0 Å². The van der Waals surface area contributed by atoms with Gasteiger partial charge in [-0.1, -0.05) is 29.8 Å². The van der Waals surface area contributed by atoms with Gasteiger partial charge < -0.3 is 24.8 Å². The summed E-state index contributed by atoms with van der Waals surface area (Å²) in [5.74, 6) is -0.0732. The maximum Gasteiger partial charge on any atom is 0.322 e. The van der Waals surface area contributed by atoms with Crippen molar-refractivity contribution in [1.82, 2.24) is 14.8 Å². The third kappa shape index (κ3) is 6.54. The fourth-order valence-corrected chi connectivity index (χ4v) is 4.97. The quantitative estimate of drug-likeness (QED) is 0.457. The molecule has 4 rings (SSSR count). The van der Waals surface area contributed by atoms with Crippen LogP contribution in [0, 0.1) is 6.92 Å². The number of hydrogen-bond acceptors (Lipinski definition) is 6. The van der Waals surface area contributed by atoms with E-state index in [1.54, 1.807) is 41.7 Å². The van der Waals surface area contributed by atoms with E-state index in [9.17, 15) is 9.59 Å². The Balaban J connectivity index is 1.36. The highest BCUT2D eigenvalue weighted by molar-refractivity contribution is 7.09. The van der Waals surface area contributed by atoms with Crippen LogP contribution in [0.2, 0.25) is 5.02 Å². The lowest BCUT2D eigenvalue weighted by Crippen LogP contribution is -2.49. The minimum atomic E-state index is -0.273. The van der Waals surface area contributed by atoms with Crippen molar-refractivity contribution < 1.29 is 14.3 Å². The number of amides is 3. The van der Waals surface area contributed by atoms with E-state index in [0.29, 0.717) is 47.7 Å². The van der Waals surface area contributed by atoms with Crippen LogP contribution in [0.25, 0.3) is 0 Å². The minimum Gasteiger partial charge on any atom is -0.383 e. The van der Waals surface area contributed by atoms with E-state index in [2.05, 4.69) is 34.3 Å². The third-order valence-electron chi connectivity index (χ3n) is 6.07. The maximum absolute atomic E-state index is 13.1. The molecule has 0 saturated carbocycles. The zero-order chi connectivity index (χ0) is 25.5. The predicted molar refractivity (Wildman–Crippen MR) is 144 cm³/mol. The fourth-order valence-electron chi connectivity index (χ4n) is 4.07. The number of thiazole rings is 1. The smallest absolute Gasteiger partial charge is 0.322 e. The lowest BCUT2D eigenvalue weighted by Gasteiger charge is -2.36. The number of hydrogen-bond donors (Lipinski definition) is 1. The normalized spacial score (nSPS) is 13.5. The number of aromatic nitrogens is 1. The SMILES string of the molecule is COCCN(Cc1nc(C(=O)N2CCN(c3ccccc3C)CC2)cs1)C(=O)Nc1ccc(Cl)cc1. The summed E-state index contributed by atoms with van der Waals surface area (Å²) in [6, 6.07) is 15.0. The van der Waals surface area contributed by atoms with Crippen LogP contribution in [0.15, 0.2) is 53.9 Å². The van der Waals surface area contributed by atoms with Gasteiger partial charge in [0.25, 0.3) is 5.91 Å². The molecule has 0 unspecified atom stereocenters. The van der Waals surface area contributed by atoms with Crippen molar-refractivity contribution in [3.8, 4) is 0 Å². The second kappa shape index (κ2) is 12.2. The van der Waals surface area contributed by atoms with Crippen molar-refractivity contribution in [2.45, 2.75) is 13.5 Å². The molecule has 1 fully saturated rings. The first-order valence-electron chi connectivity index (χ1n) is 11.8. The first kappa shape index (κ1) is 25.9. The summed E-state index contributed by atoms with van der Waals surface area (Å²) in [5.41, 5.74) is 3.52. The largest absolute Gasteiger partial charge is 0.383 e. The number of nitrogens with one attached hydrogen (secondary N) is 1. The Labute approximate surface area is 220 Å². The average Bonchev–Trinajstić information content (AvgIpc) is 3.36. The molecule has 0 radical (unpaired) electrons. The molecule has 10 heteroatoms. The molecular formula is C26H30ClN5O3S. The summed E-state index contributed by atoms with van der Waals surface area (Å²) in [6.45, 7) is 6.01. The first-order valence-corrected chi connectivity index (χ1v) is 13.0. The summed E-state index contributed by atoms with van der Waals surface area (Å²) < 4.78 is 5.18. The number of urea groups is 1. The van der Waals surface area contributed by atoms with Crippen molar-refractivity contribution in [2.24, 2.45) is 0 Å². The highest BCUT2D eigenvalue weighted by Gasteiger charge is 2.25. The van der Waals surface area contributed by atoms with Gasteiger partial charge in [-0.15, -0.1) is 11.3 Å². The Morgan fingerprint density at radius 3 is 2.53 bits per heavy atom. The van der Waals surface area contributed by atoms with Gasteiger partial charge >= 0.3 is 6.03 Å². The molecule has 3 amide bonds. The summed E-state index contributed by atoms with van der Waals surface area (Å²) >= 11 is 7.31. The molecule has 2 aromatic carbocycles. The lowest BCUT2D eigenvalue weighted by molar-refractivity contribution is 0.0741. The number of rotatable bonds is 8. The van der Waals surface area contributed by atoms with E-state index in [-0.39, 0.29) is 18.5 Å². The van der Waals surface area contributed by atoms with Crippen LogP contribution in [0.1, 0.15) is 21.1 Å². The van der Waals surface area contributed by atoms with Crippen LogP contribution in [-0.2, 0) is 11.3 Å². The van der Waals surface area contributed by atoms with Gasteiger partial charge in [0.05, 0.1) is 13.2 Å². The lowest BCUT2D eigenvalue weighted by atomic mass is 10.1. The average molecular weight is 528 g/mol. The summed E-state index contributed by atoms with van der Waals surface area (Å²) in [4.78, 5) is 36.3. The van der Waals surface area contributed by atoms with Crippen molar-refractivity contribution in [2.75, 3.05) is 56.7 Å². The topological polar surface area (TPSA) is 78.0 Å². The molecule has 3 aromatic rings. The van der Waals surface area contributed by atoms with Crippen LogP contribution >= 0.6 is 22.9 Å². The van der Waals surface area contributed by atoms with Crippen LogP contribution in [0.4, 0.5) is 16.2 Å². The highest BCUT2D eigenvalue weighted by Crippen LogP contribution is 2.22. The minimum absolute atomic E-state index is 0.0732. The second-order valence-corrected chi connectivity index (χ2v) is 9.92. The maximum atomic E-state index is 13.1. The van der Waals surface area contributed by atoms with Crippen LogP contribution < -0.4 is 10.2 Å². The molecule has 1 saturated heterocycles. The molecule has 0 spiro atoms. The van der Waals surface area contributed by atoms with Crippen molar-refractivity contribution in [1.29, 1.82) is 0 Å². The van der Waals surface area contributed by atoms with Gasteiger partial charge in [0, 0.05) is 61.6 Å². The Kier molecular flexibility index (Phi) is 8.79. The number of ether oxygens (including phenoxy) is 1. The predicted octanol–water partition coefficient (Wildman–Crippen LogP) is 4.75.